The third-order valence-electron chi connectivity index (χ3n) is 3.22. The molecule has 1 aliphatic heterocycles. The second-order valence-corrected chi connectivity index (χ2v) is 5.03. The summed E-state index contributed by atoms with van der Waals surface area (Å²) in [5.74, 6) is 1.22. The maximum absolute atomic E-state index is 12.5. The molecule has 0 saturated carbocycles. The van der Waals surface area contributed by atoms with Gasteiger partial charge in [0.05, 0.1) is 10.9 Å². The summed E-state index contributed by atoms with van der Waals surface area (Å²) in [6, 6.07) is 10.0. The molecule has 0 spiro atoms. The van der Waals surface area contributed by atoms with Gasteiger partial charge in [-0.2, -0.15) is 13.2 Å². The molecular formula is C15H10ClF3O2. The fourth-order valence-corrected chi connectivity index (χ4v) is 2.39. The van der Waals surface area contributed by atoms with Crippen molar-refractivity contribution >= 4 is 11.6 Å². The molecule has 21 heavy (non-hydrogen) atoms. The Bertz CT molecular complexity index is 653. The predicted octanol–water partition coefficient (Wildman–Crippen LogP) is 4.76. The van der Waals surface area contributed by atoms with Gasteiger partial charge in [0, 0.05) is 0 Å². The van der Waals surface area contributed by atoms with Crippen molar-refractivity contribution in [2.75, 3.05) is 6.79 Å². The van der Waals surface area contributed by atoms with E-state index in [1.807, 2.05) is 0 Å². The molecule has 2 aromatic rings. The first-order valence-electron chi connectivity index (χ1n) is 6.16. The van der Waals surface area contributed by atoms with Crippen LogP contribution in [-0.4, -0.2) is 6.79 Å². The molecule has 3 rings (SSSR count). The zero-order valence-corrected chi connectivity index (χ0v) is 11.4. The number of rotatable bonds is 2. The minimum atomic E-state index is -4.35. The zero-order valence-electron chi connectivity index (χ0n) is 10.7. The normalized spacial score (nSPS) is 15.0. The lowest BCUT2D eigenvalue weighted by Gasteiger charge is -2.13. The summed E-state index contributed by atoms with van der Waals surface area (Å²) >= 11 is 6.32. The van der Waals surface area contributed by atoms with Gasteiger partial charge in [0.15, 0.2) is 11.5 Å². The monoisotopic (exact) mass is 314 g/mol. The van der Waals surface area contributed by atoms with Crippen LogP contribution >= 0.6 is 11.6 Å². The second-order valence-electron chi connectivity index (χ2n) is 4.60. The van der Waals surface area contributed by atoms with Crippen LogP contribution in [0.4, 0.5) is 13.2 Å². The number of benzene rings is 2. The van der Waals surface area contributed by atoms with E-state index in [1.54, 1.807) is 18.2 Å². The highest BCUT2D eigenvalue weighted by atomic mass is 35.5. The minimum absolute atomic E-state index is 0.159. The summed E-state index contributed by atoms with van der Waals surface area (Å²) in [5, 5.41) is -0.554. The number of halogens is 4. The zero-order chi connectivity index (χ0) is 15.0. The molecular weight excluding hydrogens is 305 g/mol. The molecule has 0 amide bonds. The fourth-order valence-electron chi connectivity index (χ4n) is 2.10. The van der Waals surface area contributed by atoms with Gasteiger partial charge in [-0.25, -0.2) is 0 Å². The van der Waals surface area contributed by atoms with Crippen molar-refractivity contribution in [3.8, 4) is 11.5 Å². The van der Waals surface area contributed by atoms with E-state index < -0.39 is 17.1 Å². The van der Waals surface area contributed by atoms with Crippen LogP contribution in [0.25, 0.3) is 0 Å². The van der Waals surface area contributed by atoms with E-state index in [4.69, 9.17) is 21.1 Å². The number of alkyl halides is 4. The van der Waals surface area contributed by atoms with Crippen LogP contribution in [-0.2, 0) is 6.18 Å². The lowest BCUT2D eigenvalue weighted by Crippen LogP contribution is -2.05. The Labute approximate surface area is 124 Å². The van der Waals surface area contributed by atoms with Gasteiger partial charge in [0.1, 0.15) is 0 Å². The van der Waals surface area contributed by atoms with Crippen molar-refractivity contribution in [2.24, 2.45) is 0 Å². The van der Waals surface area contributed by atoms with Gasteiger partial charge < -0.3 is 9.47 Å². The predicted molar refractivity (Wildman–Crippen MR) is 71.7 cm³/mol. The number of ether oxygens (including phenoxy) is 2. The number of hydrogen-bond acceptors (Lipinski definition) is 2. The summed E-state index contributed by atoms with van der Waals surface area (Å²) in [7, 11) is 0. The van der Waals surface area contributed by atoms with Gasteiger partial charge in [-0.05, 0) is 35.4 Å². The average molecular weight is 315 g/mol. The van der Waals surface area contributed by atoms with Gasteiger partial charge in [0.2, 0.25) is 6.79 Å². The molecule has 1 unspecified atom stereocenters. The van der Waals surface area contributed by atoms with E-state index in [-0.39, 0.29) is 6.79 Å². The highest BCUT2D eigenvalue weighted by Gasteiger charge is 2.30. The molecule has 1 heterocycles. The van der Waals surface area contributed by atoms with E-state index >= 15 is 0 Å². The smallest absolute Gasteiger partial charge is 0.416 e. The average Bonchev–Trinajstić information content (AvgIpc) is 2.93. The number of hydrogen-bond donors (Lipinski definition) is 0. The molecule has 2 nitrogen and oxygen atoms in total. The topological polar surface area (TPSA) is 18.5 Å². The van der Waals surface area contributed by atoms with E-state index in [1.165, 1.54) is 12.1 Å². The first-order valence-corrected chi connectivity index (χ1v) is 6.59. The fraction of sp³-hybridized carbons (Fsp3) is 0.200. The summed E-state index contributed by atoms with van der Waals surface area (Å²) in [6.07, 6.45) is -4.35. The molecule has 0 aliphatic carbocycles. The van der Waals surface area contributed by atoms with E-state index in [0.717, 1.165) is 17.7 Å². The van der Waals surface area contributed by atoms with Gasteiger partial charge in [-0.1, -0.05) is 18.2 Å². The lowest BCUT2D eigenvalue weighted by molar-refractivity contribution is -0.137. The Kier molecular flexibility index (Phi) is 3.45. The molecule has 2 aromatic carbocycles. The van der Waals surface area contributed by atoms with Crippen molar-refractivity contribution in [3.63, 3.8) is 0 Å². The van der Waals surface area contributed by atoms with Crippen LogP contribution in [0.1, 0.15) is 22.1 Å². The standard InChI is InChI=1S/C15H10ClF3O2/c16-14(9-1-4-11(5-2-9)15(17,18)19)10-3-6-12-13(7-10)21-8-20-12/h1-7,14H,8H2. The van der Waals surface area contributed by atoms with E-state index in [9.17, 15) is 13.2 Å². The molecule has 1 atom stereocenters. The van der Waals surface area contributed by atoms with Crippen LogP contribution in [0.3, 0.4) is 0 Å². The third-order valence-corrected chi connectivity index (χ3v) is 3.72. The Balaban J connectivity index is 1.86. The quantitative estimate of drug-likeness (QED) is 0.744. The summed E-state index contributed by atoms with van der Waals surface area (Å²) in [4.78, 5) is 0. The molecule has 0 saturated heterocycles. The second kappa shape index (κ2) is 5.15. The number of fused-ring (bicyclic) bond motifs is 1. The summed E-state index contributed by atoms with van der Waals surface area (Å²) in [5.41, 5.74) is 0.630. The van der Waals surface area contributed by atoms with Crippen LogP contribution in [0, 0.1) is 0 Å². The van der Waals surface area contributed by atoms with Gasteiger partial charge in [-0.15, -0.1) is 11.6 Å². The van der Waals surface area contributed by atoms with Gasteiger partial charge in [0.25, 0.3) is 0 Å². The molecule has 0 bridgehead atoms. The highest BCUT2D eigenvalue weighted by molar-refractivity contribution is 6.22. The molecule has 0 N–H and O–H groups in total. The van der Waals surface area contributed by atoms with Crippen LogP contribution < -0.4 is 9.47 Å². The Morgan fingerprint density at radius 3 is 2.19 bits per heavy atom. The molecule has 110 valence electrons. The molecule has 1 aliphatic rings. The van der Waals surface area contributed by atoms with Gasteiger partial charge >= 0.3 is 6.18 Å². The van der Waals surface area contributed by atoms with Crippen molar-refractivity contribution in [1.82, 2.24) is 0 Å². The largest absolute Gasteiger partial charge is 0.454 e. The van der Waals surface area contributed by atoms with E-state index in [2.05, 4.69) is 0 Å². The Morgan fingerprint density at radius 2 is 1.52 bits per heavy atom. The first-order chi connectivity index (χ1) is 9.95. The van der Waals surface area contributed by atoms with Crippen LogP contribution in [0.15, 0.2) is 42.5 Å². The maximum Gasteiger partial charge on any atom is 0.416 e. The van der Waals surface area contributed by atoms with Crippen molar-refractivity contribution in [2.45, 2.75) is 11.6 Å². The Morgan fingerprint density at radius 1 is 0.905 bits per heavy atom. The lowest BCUT2D eigenvalue weighted by atomic mass is 10.0. The van der Waals surface area contributed by atoms with Crippen molar-refractivity contribution in [1.29, 1.82) is 0 Å². The van der Waals surface area contributed by atoms with Crippen molar-refractivity contribution in [3.05, 3.63) is 59.2 Å². The third kappa shape index (κ3) is 2.78. The summed E-state index contributed by atoms with van der Waals surface area (Å²) in [6.45, 7) is 0.159. The molecule has 0 aromatic heterocycles. The molecule has 0 radical (unpaired) electrons. The SMILES string of the molecule is FC(F)(F)c1ccc(C(Cl)c2ccc3c(c2)OCO3)cc1. The van der Waals surface area contributed by atoms with Gasteiger partial charge in [-0.3, -0.25) is 0 Å². The summed E-state index contributed by atoms with van der Waals surface area (Å²) < 4.78 is 48.1. The maximum atomic E-state index is 12.5. The van der Waals surface area contributed by atoms with E-state index in [0.29, 0.717) is 17.1 Å². The van der Waals surface area contributed by atoms with Crippen LogP contribution in [0.5, 0.6) is 11.5 Å². The molecule has 0 fully saturated rings. The highest BCUT2D eigenvalue weighted by Crippen LogP contribution is 2.38. The van der Waals surface area contributed by atoms with Crippen LogP contribution in [0.2, 0.25) is 0 Å². The van der Waals surface area contributed by atoms with Crippen molar-refractivity contribution < 1.29 is 22.6 Å². The molecule has 6 heteroatoms. The first kappa shape index (κ1) is 14.1. The minimum Gasteiger partial charge on any atom is -0.454 e. The Hall–Kier alpha value is -1.88.